The molecule has 10 rings (SSSR count). The van der Waals surface area contributed by atoms with E-state index in [-0.39, 0.29) is 5.41 Å². The van der Waals surface area contributed by atoms with E-state index in [1.807, 2.05) is 0 Å². The van der Waals surface area contributed by atoms with Gasteiger partial charge in [-0.3, -0.25) is 0 Å². The van der Waals surface area contributed by atoms with Gasteiger partial charge in [-0.05, 0) is 99.1 Å². The standard InChI is InChI=1S/C51H38N2/c1-51(2)46-32-31-41(34-45(46)50-42(23-14-24-47(50)51)37-17-7-4-8-18-37)52(38-29-27-36(28-30-38)35-15-5-3-6-16-35)39-19-13-20-40(33-39)53-48-25-11-9-21-43(48)44-22-10-12-26-49(44)53/h3-34H,1-2H3. The first-order chi connectivity index (χ1) is 26.1. The zero-order valence-electron chi connectivity index (χ0n) is 29.9. The maximum Gasteiger partial charge on any atom is 0.0541 e. The van der Waals surface area contributed by atoms with E-state index < -0.39 is 0 Å². The highest BCUT2D eigenvalue weighted by molar-refractivity contribution is 6.09. The number of hydrogen-bond acceptors (Lipinski definition) is 1. The van der Waals surface area contributed by atoms with Gasteiger partial charge in [0.25, 0.3) is 0 Å². The molecule has 0 aliphatic heterocycles. The molecule has 0 radical (unpaired) electrons. The molecule has 1 aromatic heterocycles. The van der Waals surface area contributed by atoms with Crippen LogP contribution in [0.15, 0.2) is 194 Å². The monoisotopic (exact) mass is 678 g/mol. The minimum absolute atomic E-state index is 0.118. The summed E-state index contributed by atoms with van der Waals surface area (Å²) in [5, 5.41) is 2.52. The normalized spacial score (nSPS) is 12.9. The van der Waals surface area contributed by atoms with Crippen LogP contribution < -0.4 is 4.90 Å². The van der Waals surface area contributed by atoms with Crippen LogP contribution in [-0.4, -0.2) is 4.57 Å². The third kappa shape index (κ3) is 5.02. The molecule has 0 N–H and O–H groups in total. The zero-order valence-corrected chi connectivity index (χ0v) is 29.9. The molecule has 8 aromatic carbocycles. The van der Waals surface area contributed by atoms with Crippen molar-refractivity contribution in [3.05, 3.63) is 205 Å². The van der Waals surface area contributed by atoms with Crippen molar-refractivity contribution in [2.45, 2.75) is 19.3 Å². The van der Waals surface area contributed by atoms with E-state index in [1.165, 1.54) is 66.3 Å². The van der Waals surface area contributed by atoms with Crippen LogP contribution in [0.1, 0.15) is 25.0 Å². The second kappa shape index (κ2) is 12.3. The maximum atomic E-state index is 2.42. The molecule has 0 atom stereocenters. The van der Waals surface area contributed by atoms with Gasteiger partial charge in [-0.2, -0.15) is 0 Å². The Morgan fingerprint density at radius 1 is 0.396 bits per heavy atom. The first kappa shape index (κ1) is 31.1. The van der Waals surface area contributed by atoms with Crippen LogP contribution in [0, 0.1) is 0 Å². The number of hydrogen-bond donors (Lipinski definition) is 0. The van der Waals surface area contributed by atoms with Crippen molar-refractivity contribution in [3.63, 3.8) is 0 Å². The van der Waals surface area contributed by atoms with Crippen molar-refractivity contribution in [1.82, 2.24) is 4.57 Å². The Labute approximate surface area is 310 Å². The fourth-order valence-electron chi connectivity index (χ4n) is 8.64. The van der Waals surface area contributed by atoms with Gasteiger partial charge in [-0.25, -0.2) is 0 Å². The highest BCUT2D eigenvalue weighted by Gasteiger charge is 2.37. The number of fused-ring (bicyclic) bond motifs is 6. The summed E-state index contributed by atoms with van der Waals surface area (Å²) in [6.45, 7) is 4.72. The molecule has 0 spiro atoms. The number of rotatable bonds is 6. The molecular formula is C51H38N2. The quantitative estimate of drug-likeness (QED) is 0.170. The fraction of sp³-hybridized carbons (Fsp3) is 0.0588. The topological polar surface area (TPSA) is 8.17 Å². The van der Waals surface area contributed by atoms with E-state index in [0.717, 1.165) is 22.7 Å². The predicted molar refractivity (Wildman–Crippen MR) is 224 cm³/mol. The van der Waals surface area contributed by atoms with Gasteiger partial charge in [0.15, 0.2) is 0 Å². The first-order valence-corrected chi connectivity index (χ1v) is 18.4. The fourth-order valence-corrected chi connectivity index (χ4v) is 8.64. The van der Waals surface area contributed by atoms with E-state index >= 15 is 0 Å². The average molecular weight is 679 g/mol. The molecule has 0 saturated carbocycles. The van der Waals surface area contributed by atoms with Gasteiger partial charge in [-0.15, -0.1) is 0 Å². The third-order valence-electron chi connectivity index (χ3n) is 11.2. The lowest BCUT2D eigenvalue weighted by Crippen LogP contribution is -2.15. The van der Waals surface area contributed by atoms with Gasteiger partial charge in [0.2, 0.25) is 0 Å². The van der Waals surface area contributed by atoms with Crippen LogP contribution in [0.5, 0.6) is 0 Å². The van der Waals surface area contributed by atoms with Crippen LogP contribution in [0.25, 0.3) is 60.9 Å². The Balaban J connectivity index is 1.18. The lowest BCUT2D eigenvalue weighted by molar-refractivity contribution is 0.660. The van der Waals surface area contributed by atoms with Crippen LogP contribution in [-0.2, 0) is 5.41 Å². The molecule has 252 valence electrons. The molecule has 0 saturated heterocycles. The summed E-state index contributed by atoms with van der Waals surface area (Å²) in [5.74, 6) is 0. The highest BCUT2D eigenvalue weighted by Crippen LogP contribution is 2.53. The maximum absolute atomic E-state index is 2.42. The number of para-hydroxylation sites is 2. The molecule has 53 heavy (non-hydrogen) atoms. The Kier molecular flexibility index (Phi) is 7.19. The van der Waals surface area contributed by atoms with Gasteiger partial charge < -0.3 is 9.47 Å². The van der Waals surface area contributed by atoms with E-state index in [2.05, 4.69) is 217 Å². The third-order valence-corrected chi connectivity index (χ3v) is 11.2. The van der Waals surface area contributed by atoms with Gasteiger partial charge in [0, 0.05) is 38.9 Å². The zero-order chi connectivity index (χ0) is 35.5. The lowest BCUT2D eigenvalue weighted by atomic mass is 9.82. The summed E-state index contributed by atoms with van der Waals surface area (Å²) in [6.07, 6.45) is 0. The SMILES string of the molecule is CC1(C)c2ccc(N(c3ccc(-c4ccccc4)cc3)c3cccc(-n4c5ccccc5c5ccccc54)c3)cc2-c2c(-c3ccccc3)cccc21. The second-order valence-electron chi connectivity index (χ2n) is 14.6. The summed E-state index contributed by atoms with van der Waals surface area (Å²) < 4.78 is 2.40. The van der Waals surface area contributed by atoms with E-state index in [9.17, 15) is 0 Å². The Hall–Kier alpha value is -6.64. The second-order valence-corrected chi connectivity index (χ2v) is 14.6. The van der Waals surface area contributed by atoms with Crippen LogP contribution in [0.3, 0.4) is 0 Å². The van der Waals surface area contributed by atoms with Crippen molar-refractivity contribution in [3.8, 4) is 39.1 Å². The Bertz CT molecular complexity index is 2740. The molecule has 1 aliphatic carbocycles. The smallest absolute Gasteiger partial charge is 0.0541 e. The van der Waals surface area contributed by atoms with Gasteiger partial charge >= 0.3 is 0 Å². The Morgan fingerprint density at radius 3 is 1.66 bits per heavy atom. The first-order valence-electron chi connectivity index (χ1n) is 18.4. The lowest BCUT2D eigenvalue weighted by Gasteiger charge is -2.28. The minimum atomic E-state index is -0.118. The molecule has 1 heterocycles. The molecule has 0 bridgehead atoms. The average Bonchev–Trinajstić information content (AvgIpc) is 3.67. The summed E-state index contributed by atoms with van der Waals surface area (Å²) >= 11 is 0. The van der Waals surface area contributed by atoms with Crippen molar-refractivity contribution in [2.24, 2.45) is 0 Å². The van der Waals surface area contributed by atoms with Crippen LogP contribution >= 0.6 is 0 Å². The summed E-state index contributed by atoms with van der Waals surface area (Å²) in [5.41, 5.74) is 17.0. The number of nitrogens with zero attached hydrogens (tertiary/aromatic N) is 2. The van der Waals surface area contributed by atoms with Gasteiger partial charge in [0.1, 0.15) is 0 Å². The molecule has 9 aromatic rings. The highest BCUT2D eigenvalue weighted by atomic mass is 15.1. The Morgan fingerprint density at radius 2 is 0.962 bits per heavy atom. The van der Waals surface area contributed by atoms with E-state index in [0.29, 0.717) is 0 Å². The van der Waals surface area contributed by atoms with Crippen LogP contribution in [0.2, 0.25) is 0 Å². The van der Waals surface area contributed by atoms with Gasteiger partial charge in [0.05, 0.1) is 11.0 Å². The van der Waals surface area contributed by atoms with Crippen molar-refractivity contribution >= 4 is 38.9 Å². The summed E-state index contributed by atoms with van der Waals surface area (Å²) in [7, 11) is 0. The molecular weight excluding hydrogens is 641 g/mol. The molecule has 0 unspecified atom stereocenters. The number of anilines is 3. The van der Waals surface area contributed by atoms with E-state index in [1.54, 1.807) is 0 Å². The van der Waals surface area contributed by atoms with Crippen molar-refractivity contribution in [1.29, 1.82) is 0 Å². The summed E-state index contributed by atoms with van der Waals surface area (Å²) in [6, 6.07) is 70.8. The van der Waals surface area contributed by atoms with Crippen molar-refractivity contribution < 1.29 is 0 Å². The predicted octanol–water partition coefficient (Wildman–Crippen LogP) is 13.9. The largest absolute Gasteiger partial charge is 0.310 e. The van der Waals surface area contributed by atoms with Crippen LogP contribution in [0.4, 0.5) is 17.1 Å². The molecule has 0 amide bonds. The minimum Gasteiger partial charge on any atom is -0.310 e. The summed E-state index contributed by atoms with van der Waals surface area (Å²) in [4.78, 5) is 2.42. The number of aromatic nitrogens is 1. The van der Waals surface area contributed by atoms with E-state index in [4.69, 9.17) is 0 Å². The molecule has 0 fully saturated rings. The molecule has 1 aliphatic rings. The molecule has 2 nitrogen and oxygen atoms in total. The number of benzene rings is 8. The van der Waals surface area contributed by atoms with Crippen molar-refractivity contribution in [2.75, 3.05) is 4.90 Å². The molecule has 2 heteroatoms. The van der Waals surface area contributed by atoms with Gasteiger partial charge in [-0.1, -0.05) is 153 Å².